The summed E-state index contributed by atoms with van der Waals surface area (Å²) in [6, 6.07) is 8.90. The number of fused-ring (bicyclic) bond motifs is 2. The van der Waals surface area contributed by atoms with Crippen molar-refractivity contribution in [3.05, 3.63) is 53.1 Å². The molecule has 158 valence electrons. The van der Waals surface area contributed by atoms with Crippen molar-refractivity contribution in [2.24, 2.45) is 0 Å². The molecule has 8 heteroatoms. The van der Waals surface area contributed by atoms with Crippen molar-refractivity contribution in [2.45, 2.75) is 40.4 Å². The van der Waals surface area contributed by atoms with Gasteiger partial charge in [-0.3, -0.25) is 4.79 Å². The Balaban J connectivity index is 1.54. The first kappa shape index (κ1) is 19.2. The van der Waals surface area contributed by atoms with Gasteiger partial charge >= 0.3 is 0 Å². The zero-order valence-corrected chi connectivity index (χ0v) is 17.8. The zero-order chi connectivity index (χ0) is 21.9. The number of benzene rings is 1. The lowest BCUT2D eigenvalue weighted by Crippen LogP contribution is -2.29. The van der Waals surface area contributed by atoms with Gasteiger partial charge in [-0.15, -0.1) is 0 Å². The summed E-state index contributed by atoms with van der Waals surface area (Å²) >= 11 is 0. The molecule has 4 heterocycles. The lowest BCUT2D eigenvalue weighted by molar-refractivity contribution is -0.0431. The molecule has 0 unspecified atom stereocenters. The Morgan fingerprint density at radius 1 is 1.03 bits per heavy atom. The van der Waals surface area contributed by atoms with Crippen molar-refractivity contribution in [3.63, 3.8) is 0 Å². The number of aryl methyl sites for hydroxylation is 3. The van der Waals surface area contributed by atoms with E-state index < -0.39 is 5.79 Å². The molecule has 31 heavy (non-hydrogen) atoms. The fraction of sp³-hybridized carbons (Fsp3) is 0.261. The predicted molar refractivity (Wildman–Crippen MR) is 113 cm³/mol. The highest BCUT2D eigenvalue weighted by molar-refractivity contribution is 6.13. The lowest BCUT2D eigenvalue weighted by atomic mass is 10.1. The molecule has 0 saturated carbocycles. The van der Waals surface area contributed by atoms with Crippen LogP contribution in [0.4, 0.5) is 5.69 Å². The number of furan rings is 1. The smallest absolute Gasteiger partial charge is 0.259 e. The summed E-state index contributed by atoms with van der Waals surface area (Å²) in [7, 11) is 0. The highest BCUT2D eigenvalue weighted by atomic mass is 16.7. The second kappa shape index (κ2) is 6.60. The Labute approximate surface area is 178 Å². The average molecular weight is 419 g/mol. The van der Waals surface area contributed by atoms with E-state index in [1.807, 2.05) is 33.8 Å². The molecule has 0 fully saturated rings. The first-order valence-corrected chi connectivity index (χ1v) is 9.88. The largest absolute Gasteiger partial charge is 0.466 e. The zero-order valence-electron chi connectivity index (χ0n) is 17.8. The van der Waals surface area contributed by atoms with Gasteiger partial charge in [0, 0.05) is 31.2 Å². The number of amides is 1. The number of nitrogens with one attached hydrogen (secondary N) is 1. The molecular formula is C23H21N3O5. The van der Waals surface area contributed by atoms with E-state index in [4.69, 9.17) is 18.4 Å². The van der Waals surface area contributed by atoms with Crippen LogP contribution < -0.4 is 14.8 Å². The van der Waals surface area contributed by atoms with Crippen molar-refractivity contribution in [1.82, 2.24) is 10.1 Å². The van der Waals surface area contributed by atoms with Gasteiger partial charge in [0.2, 0.25) is 5.79 Å². The number of hydrogen-bond donors (Lipinski definition) is 1. The maximum atomic E-state index is 13.3. The van der Waals surface area contributed by atoms with Crippen LogP contribution in [0.2, 0.25) is 0 Å². The number of carbonyl (C=O) groups is 1. The van der Waals surface area contributed by atoms with Gasteiger partial charge in [0.25, 0.3) is 11.6 Å². The van der Waals surface area contributed by atoms with E-state index in [0.29, 0.717) is 51.0 Å². The van der Waals surface area contributed by atoms with Crippen LogP contribution in [0, 0.1) is 20.8 Å². The van der Waals surface area contributed by atoms with Gasteiger partial charge < -0.3 is 23.7 Å². The third-order valence-corrected chi connectivity index (χ3v) is 5.09. The van der Waals surface area contributed by atoms with E-state index in [0.717, 1.165) is 11.3 Å². The summed E-state index contributed by atoms with van der Waals surface area (Å²) in [5.41, 5.74) is 3.26. The van der Waals surface area contributed by atoms with Crippen LogP contribution >= 0.6 is 0 Å². The molecular weight excluding hydrogens is 398 g/mol. The van der Waals surface area contributed by atoms with Crippen LogP contribution in [0.15, 0.2) is 39.3 Å². The van der Waals surface area contributed by atoms with Gasteiger partial charge in [-0.1, -0.05) is 5.16 Å². The number of rotatable bonds is 3. The van der Waals surface area contributed by atoms with Crippen LogP contribution in [0.5, 0.6) is 11.5 Å². The summed E-state index contributed by atoms with van der Waals surface area (Å²) in [5.74, 6) is 1.64. The van der Waals surface area contributed by atoms with Gasteiger partial charge in [0.05, 0.1) is 22.3 Å². The van der Waals surface area contributed by atoms with E-state index in [1.165, 1.54) is 0 Å². The molecule has 8 nitrogen and oxygen atoms in total. The first-order valence-electron chi connectivity index (χ1n) is 9.88. The number of anilines is 1. The third-order valence-electron chi connectivity index (χ3n) is 5.09. The maximum absolute atomic E-state index is 13.3. The minimum atomic E-state index is -0.739. The number of ether oxygens (including phenoxy) is 2. The van der Waals surface area contributed by atoms with Crippen molar-refractivity contribution in [1.29, 1.82) is 0 Å². The Hall–Kier alpha value is -3.81. The fourth-order valence-corrected chi connectivity index (χ4v) is 3.80. The van der Waals surface area contributed by atoms with Crippen LogP contribution in [-0.4, -0.2) is 21.8 Å². The number of hydrogen-bond acceptors (Lipinski definition) is 7. The quantitative estimate of drug-likeness (QED) is 0.489. The van der Waals surface area contributed by atoms with Gasteiger partial charge in [-0.05, 0) is 45.0 Å². The summed E-state index contributed by atoms with van der Waals surface area (Å²) in [6.45, 7) is 9.15. The van der Waals surface area contributed by atoms with Gasteiger partial charge in [0.15, 0.2) is 11.5 Å². The number of pyridine rings is 1. The number of aromatic nitrogens is 2. The highest BCUT2D eigenvalue weighted by Gasteiger charge is 2.32. The number of nitrogens with zero attached hydrogens (tertiary/aromatic N) is 2. The summed E-state index contributed by atoms with van der Waals surface area (Å²) in [4.78, 5) is 17.8. The molecule has 0 atom stereocenters. The van der Waals surface area contributed by atoms with Crippen molar-refractivity contribution in [3.8, 4) is 22.8 Å². The monoisotopic (exact) mass is 419 g/mol. The second-order valence-corrected chi connectivity index (χ2v) is 8.05. The van der Waals surface area contributed by atoms with E-state index in [1.54, 1.807) is 31.2 Å². The highest BCUT2D eigenvalue weighted by Crippen LogP contribution is 2.41. The summed E-state index contributed by atoms with van der Waals surface area (Å²) in [5, 5.41) is 7.49. The molecule has 5 rings (SSSR count). The van der Waals surface area contributed by atoms with E-state index in [-0.39, 0.29) is 5.91 Å². The lowest BCUT2D eigenvalue weighted by Gasteiger charge is -2.16. The molecule has 0 saturated heterocycles. The average Bonchev–Trinajstić information content (AvgIpc) is 3.34. The summed E-state index contributed by atoms with van der Waals surface area (Å²) < 4.78 is 22.5. The molecule has 1 aliphatic heterocycles. The number of carbonyl (C=O) groups excluding carboxylic acids is 1. The van der Waals surface area contributed by atoms with E-state index >= 15 is 0 Å². The maximum Gasteiger partial charge on any atom is 0.259 e. The van der Waals surface area contributed by atoms with Crippen molar-refractivity contribution in [2.75, 3.05) is 5.32 Å². The third kappa shape index (κ3) is 3.30. The standard InChI is InChI=1S/C23H21N3O5/c1-11-8-15(13(3)28-11)17-10-16(20-12(2)26-31-22(20)25-17)21(27)24-14-6-7-18-19(9-14)30-23(4,5)29-18/h6-10H,1-5H3,(H,24,27). The molecule has 1 amide bonds. The van der Waals surface area contributed by atoms with Crippen molar-refractivity contribution < 1.29 is 23.2 Å². The van der Waals surface area contributed by atoms with E-state index in [9.17, 15) is 4.79 Å². The van der Waals surface area contributed by atoms with Crippen LogP contribution in [-0.2, 0) is 0 Å². The SMILES string of the molecule is Cc1cc(-c2cc(C(=O)Nc3ccc4c(c3)OC(C)(C)O4)c3c(C)noc3n2)c(C)o1. The minimum Gasteiger partial charge on any atom is -0.466 e. The van der Waals surface area contributed by atoms with Crippen LogP contribution in [0.1, 0.15) is 41.4 Å². The van der Waals surface area contributed by atoms with Gasteiger partial charge in [-0.25, -0.2) is 4.98 Å². The molecule has 1 aliphatic rings. The Morgan fingerprint density at radius 2 is 1.81 bits per heavy atom. The second-order valence-electron chi connectivity index (χ2n) is 8.05. The Morgan fingerprint density at radius 3 is 2.55 bits per heavy atom. The van der Waals surface area contributed by atoms with Crippen molar-refractivity contribution >= 4 is 22.7 Å². The topological polar surface area (TPSA) is 99.6 Å². The first-order chi connectivity index (χ1) is 14.7. The Bertz CT molecular complexity index is 1350. The van der Waals surface area contributed by atoms with E-state index in [2.05, 4.69) is 15.5 Å². The summed E-state index contributed by atoms with van der Waals surface area (Å²) in [6.07, 6.45) is 0. The van der Waals surface area contributed by atoms with Gasteiger partial charge in [0.1, 0.15) is 11.5 Å². The molecule has 0 aliphatic carbocycles. The van der Waals surface area contributed by atoms with Crippen LogP contribution in [0.3, 0.4) is 0 Å². The van der Waals surface area contributed by atoms with Gasteiger partial charge in [-0.2, -0.15) is 0 Å². The van der Waals surface area contributed by atoms with Crippen LogP contribution in [0.25, 0.3) is 22.4 Å². The molecule has 0 spiro atoms. The molecule has 4 aromatic rings. The Kier molecular flexibility index (Phi) is 4.08. The molecule has 0 radical (unpaired) electrons. The fourth-order valence-electron chi connectivity index (χ4n) is 3.80. The predicted octanol–water partition coefficient (Wildman–Crippen LogP) is 5.17. The normalized spacial score (nSPS) is 14.2. The molecule has 1 N–H and O–H groups in total. The molecule has 0 bridgehead atoms. The molecule has 3 aromatic heterocycles. The minimum absolute atomic E-state index is 0.297. The molecule has 1 aromatic carbocycles.